The maximum absolute atomic E-state index is 12.5. The van der Waals surface area contributed by atoms with E-state index in [0.717, 1.165) is 0 Å². The molecule has 0 aromatic heterocycles. The summed E-state index contributed by atoms with van der Waals surface area (Å²) in [5.74, 6) is -2.35. The first-order valence-electron chi connectivity index (χ1n) is 9.55. The van der Waals surface area contributed by atoms with Gasteiger partial charge in [-0.3, -0.25) is 9.59 Å². The fourth-order valence-corrected chi connectivity index (χ4v) is 4.83. The maximum atomic E-state index is 12.5. The largest absolute Gasteiger partial charge is 0.379 e. The van der Waals surface area contributed by atoms with Crippen LogP contribution in [0.25, 0.3) is 0 Å². The summed E-state index contributed by atoms with van der Waals surface area (Å²) < 4.78 is 30.1. The van der Waals surface area contributed by atoms with Crippen molar-refractivity contribution in [2.24, 2.45) is 22.0 Å². The van der Waals surface area contributed by atoms with Crippen molar-refractivity contribution in [2.75, 3.05) is 0 Å². The number of amides is 2. The highest BCUT2D eigenvalue weighted by molar-refractivity contribution is 7.87. The zero-order valence-corrected chi connectivity index (χ0v) is 17.6. The molecule has 2 amide bonds. The summed E-state index contributed by atoms with van der Waals surface area (Å²) in [7, 11) is -3.98. The maximum Gasteiger partial charge on any atom is 0.339 e. The molecule has 2 heterocycles. The topological polar surface area (TPSA) is 126 Å². The minimum absolute atomic E-state index is 0.0425. The monoisotopic (exact) mass is 440 g/mol. The lowest BCUT2D eigenvalue weighted by Crippen LogP contribution is -2.38. The summed E-state index contributed by atoms with van der Waals surface area (Å²) in [6.45, 7) is 3.44. The molecule has 2 atom stereocenters. The van der Waals surface area contributed by atoms with Crippen molar-refractivity contribution in [3.8, 4) is 5.75 Å². The molecule has 0 bridgehead atoms. The summed E-state index contributed by atoms with van der Waals surface area (Å²) in [5, 5.41) is 8.02. The van der Waals surface area contributed by atoms with Gasteiger partial charge in [0.25, 0.3) is 0 Å². The fourth-order valence-electron chi connectivity index (χ4n) is 3.87. The van der Waals surface area contributed by atoms with Gasteiger partial charge in [-0.05, 0) is 43.7 Å². The number of carbonyl (C=O) groups excluding carboxylic acids is 2. The van der Waals surface area contributed by atoms with Crippen molar-refractivity contribution in [1.29, 1.82) is 0 Å². The number of hydrogen-bond donors (Lipinski definition) is 2. The Hall–Kier alpha value is -3.53. The summed E-state index contributed by atoms with van der Waals surface area (Å²) in [6, 6.07) is 14.1. The number of carbonyl (C=O) groups is 2. The fraction of sp³-hybridized carbons (Fsp3) is 0.238. The Morgan fingerprint density at radius 1 is 0.839 bits per heavy atom. The van der Waals surface area contributed by atoms with Crippen LogP contribution < -0.4 is 15.0 Å². The Morgan fingerprint density at radius 2 is 1.35 bits per heavy atom. The molecule has 9 nitrogen and oxygen atoms in total. The van der Waals surface area contributed by atoms with E-state index in [1.165, 1.54) is 24.3 Å². The van der Waals surface area contributed by atoms with Gasteiger partial charge in [0.15, 0.2) is 0 Å². The SMILES string of the molecule is CC1=NNC(=O)C1C(c1ccc(OS(=O)(=O)c2ccccc2)cc1)C1C(=O)NN=C1C. The van der Waals surface area contributed by atoms with E-state index >= 15 is 0 Å². The van der Waals surface area contributed by atoms with E-state index in [-0.39, 0.29) is 22.5 Å². The third-order valence-electron chi connectivity index (χ3n) is 5.37. The predicted molar refractivity (Wildman–Crippen MR) is 113 cm³/mol. The minimum atomic E-state index is -3.98. The second-order valence-corrected chi connectivity index (χ2v) is 8.91. The Bertz CT molecular complexity index is 1150. The first-order valence-corrected chi connectivity index (χ1v) is 11.0. The zero-order valence-electron chi connectivity index (χ0n) is 16.8. The van der Waals surface area contributed by atoms with Gasteiger partial charge in [0, 0.05) is 17.3 Å². The molecule has 0 aliphatic carbocycles. The van der Waals surface area contributed by atoms with Crippen LogP contribution in [0.3, 0.4) is 0 Å². The number of hydrogen-bond acceptors (Lipinski definition) is 7. The first kappa shape index (κ1) is 20.7. The molecule has 0 fully saturated rings. The van der Waals surface area contributed by atoms with Gasteiger partial charge in [-0.25, -0.2) is 10.9 Å². The molecular formula is C21H20N4O5S. The van der Waals surface area contributed by atoms with Gasteiger partial charge in [0.1, 0.15) is 10.6 Å². The van der Waals surface area contributed by atoms with E-state index in [1.54, 1.807) is 44.2 Å². The Kier molecular flexibility index (Phi) is 5.32. The summed E-state index contributed by atoms with van der Waals surface area (Å²) in [4.78, 5) is 25.0. The van der Waals surface area contributed by atoms with Crippen LogP contribution in [0.4, 0.5) is 0 Å². The zero-order chi connectivity index (χ0) is 22.2. The van der Waals surface area contributed by atoms with Crippen LogP contribution in [0.1, 0.15) is 25.3 Å². The predicted octanol–water partition coefficient (Wildman–Crippen LogP) is 1.78. The van der Waals surface area contributed by atoms with Crippen molar-refractivity contribution in [1.82, 2.24) is 10.9 Å². The molecule has 2 unspecified atom stereocenters. The van der Waals surface area contributed by atoms with Crippen LogP contribution >= 0.6 is 0 Å². The van der Waals surface area contributed by atoms with Gasteiger partial charge in [-0.2, -0.15) is 18.6 Å². The van der Waals surface area contributed by atoms with Crippen LogP contribution in [-0.4, -0.2) is 31.7 Å². The van der Waals surface area contributed by atoms with Gasteiger partial charge in [-0.1, -0.05) is 30.3 Å². The summed E-state index contributed by atoms with van der Waals surface area (Å²) in [6.07, 6.45) is 0. The highest BCUT2D eigenvalue weighted by Gasteiger charge is 2.45. The van der Waals surface area contributed by atoms with E-state index in [1.807, 2.05) is 0 Å². The third-order valence-corrected chi connectivity index (χ3v) is 6.63. The van der Waals surface area contributed by atoms with Gasteiger partial charge >= 0.3 is 10.1 Å². The molecule has 0 radical (unpaired) electrons. The van der Waals surface area contributed by atoms with Crippen LogP contribution in [0, 0.1) is 11.8 Å². The van der Waals surface area contributed by atoms with Gasteiger partial charge in [0.2, 0.25) is 11.8 Å². The normalized spacial score (nSPS) is 21.7. The van der Waals surface area contributed by atoms with Gasteiger partial charge in [-0.15, -0.1) is 0 Å². The lowest BCUT2D eigenvalue weighted by molar-refractivity contribution is -0.125. The number of benzene rings is 2. The molecular weight excluding hydrogens is 420 g/mol. The van der Waals surface area contributed by atoms with Crippen molar-refractivity contribution in [3.05, 3.63) is 60.2 Å². The van der Waals surface area contributed by atoms with Crippen LogP contribution in [0.5, 0.6) is 5.75 Å². The molecule has 2 aliphatic heterocycles. The average molecular weight is 440 g/mol. The smallest absolute Gasteiger partial charge is 0.339 e. The lowest BCUT2D eigenvalue weighted by atomic mass is 9.73. The molecule has 2 N–H and O–H groups in total. The Morgan fingerprint density at radius 3 is 1.81 bits per heavy atom. The molecule has 31 heavy (non-hydrogen) atoms. The standard InChI is InChI=1S/C21H20N4O5S/c1-12-17(20(26)24-22-12)19(18-13(2)23-25-21(18)27)14-8-10-15(11-9-14)30-31(28,29)16-6-4-3-5-7-16/h3-11,17-19H,1-2H3,(H,24,26)(H,25,27). The van der Waals surface area contributed by atoms with Crippen molar-refractivity contribution in [2.45, 2.75) is 24.7 Å². The third kappa shape index (κ3) is 3.93. The molecule has 2 aromatic carbocycles. The quantitative estimate of drug-likeness (QED) is 0.662. The van der Waals surface area contributed by atoms with Crippen molar-refractivity contribution < 1.29 is 22.2 Å². The molecule has 0 saturated carbocycles. The van der Waals surface area contributed by atoms with Crippen molar-refractivity contribution in [3.63, 3.8) is 0 Å². The molecule has 2 aliphatic rings. The first-order chi connectivity index (χ1) is 14.8. The average Bonchev–Trinajstić information content (AvgIpc) is 3.26. The van der Waals surface area contributed by atoms with E-state index < -0.39 is 27.9 Å². The second kappa shape index (κ2) is 7.95. The molecule has 4 rings (SSSR count). The van der Waals surface area contributed by atoms with Gasteiger partial charge < -0.3 is 4.18 Å². The summed E-state index contributed by atoms with van der Waals surface area (Å²) in [5.41, 5.74) is 6.71. The summed E-state index contributed by atoms with van der Waals surface area (Å²) >= 11 is 0. The molecule has 10 heteroatoms. The lowest BCUT2D eigenvalue weighted by Gasteiger charge is -2.27. The Labute approximate surface area is 179 Å². The van der Waals surface area contributed by atoms with E-state index in [9.17, 15) is 18.0 Å². The minimum Gasteiger partial charge on any atom is -0.379 e. The number of rotatable bonds is 6. The van der Waals surface area contributed by atoms with Crippen LogP contribution in [-0.2, 0) is 19.7 Å². The highest BCUT2D eigenvalue weighted by Crippen LogP contribution is 2.38. The number of hydrazone groups is 2. The number of nitrogens with one attached hydrogen (secondary N) is 2. The van der Waals surface area contributed by atoms with Crippen LogP contribution in [0.2, 0.25) is 0 Å². The highest BCUT2D eigenvalue weighted by atomic mass is 32.2. The molecule has 0 spiro atoms. The number of nitrogens with zero attached hydrogens (tertiary/aromatic N) is 2. The van der Waals surface area contributed by atoms with E-state index in [2.05, 4.69) is 21.1 Å². The molecule has 160 valence electrons. The van der Waals surface area contributed by atoms with Crippen molar-refractivity contribution >= 4 is 33.4 Å². The van der Waals surface area contributed by atoms with E-state index in [0.29, 0.717) is 17.0 Å². The van der Waals surface area contributed by atoms with E-state index in [4.69, 9.17) is 4.18 Å². The second-order valence-electron chi connectivity index (χ2n) is 7.36. The Balaban J connectivity index is 1.66. The van der Waals surface area contributed by atoms with Gasteiger partial charge in [0.05, 0.1) is 11.8 Å². The van der Waals surface area contributed by atoms with Crippen LogP contribution in [0.15, 0.2) is 69.7 Å². The molecule has 2 aromatic rings. The molecule has 0 saturated heterocycles.